The van der Waals surface area contributed by atoms with Gasteiger partial charge in [-0.2, -0.15) is 5.26 Å². The van der Waals surface area contributed by atoms with Crippen LogP contribution in [0, 0.1) is 11.3 Å². The van der Waals surface area contributed by atoms with Gasteiger partial charge in [-0.25, -0.2) is 4.98 Å². The zero-order chi connectivity index (χ0) is 17.6. The minimum atomic E-state index is 0.527. The van der Waals surface area contributed by atoms with E-state index < -0.39 is 0 Å². The van der Waals surface area contributed by atoms with E-state index in [1.54, 1.807) is 6.20 Å². The third-order valence-electron chi connectivity index (χ3n) is 3.77. The fraction of sp³-hybridized carbons (Fsp3) is 0.100. The molecule has 0 saturated carbocycles. The average molecular weight is 410 g/mol. The largest absolute Gasteiger partial charge is 0.360 e. The first-order chi connectivity index (χ1) is 12.2. The fourth-order valence-corrected chi connectivity index (χ4v) is 3.47. The van der Waals surface area contributed by atoms with E-state index in [-0.39, 0.29) is 0 Å². The molecule has 25 heavy (non-hydrogen) atoms. The van der Waals surface area contributed by atoms with Gasteiger partial charge in [0.2, 0.25) is 0 Å². The number of nitrogens with zero attached hydrogens (tertiary/aromatic N) is 2. The Hall–Kier alpha value is -2.42. The van der Waals surface area contributed by atoms with E-state index in [9.17, 15) is 5.26 Å². The summed E-state index contributed by atoms with van der Waals surface area (Å²) >= 11 is 4.91. The first-order valence-electron chi connectivity index (χ1n) is 7.88. The number of para-hydroxylation sites is 1. The molecule has 0 fully saturated rings. The lowest BCUT2D eigenvalue weighted by molar-refractivity contribution is 1.14. The van der Waals surface area contributed by atoms with Gasteiger partial charge in [-0.05, 0) is 30.2 Å². The Bertz CT molecular complexity index is 936. The van der Waals surface area contributed by atoms with Gasteiger partial charge in [-0.15, -0.1) is 11.3 Å². The van der Waals surface area contributed by atoms with Crippen LogP contribution in [0.4, 0.5) is 5.69 Å². The third kappa shape index (κ3) is 4.16. The van der Waals surface area contributed by atoms with E-state index >= 15 is 0 Å². The maximum atomic E-state index is 9.50. The quantitative estimate of drug-likeness (QED) is 0.516. The van der Waals surface area contributed by atoms with E-state index in [0.717, 1.165) is 27.8 Å². The summed E-state index contributed by atoms with van der Waals surface area (Å²) in [6, 6.07) is 18.3. The molecule has 5 heteroatoms. The number of aromatic nitrogens is 1. The third-order valence-corrected chi connectivity index (χ3v) is 5.17. The molecule has 0 atom stereocenters. The van der Waals surface area contributed by atoms with Gasteiger partial charge in [0.15, 0.2) is 0 Å². The number of benzene rings is 2. The van der Waals surface area contributed by atoms with Crippen molar-refractivity contribution in [3.63, 3.8) is 0 Å². The van der Waals surface area contributed by atoms with E-state index in [4.69, 9.17) is 0 Å². The standard InChI is InChI=1S/C20H16BrN3S/c1-2-14-5-3-4-6-18(14)23-12-16(11-22)20-24-19(13-25-20)15-7-9-17(21)10-8-15/h3-10,12-13,23H,2H2,1H3. The summed E-state index contributed by atoms with van der Waals surface area (Å²) in [4.78, 5) is 4.61. The van der Waals surface area contributed by atoms with Crippen molar-refractivity contribution in [3.05, 3.63) is 75.2 Å². The van der Waals surface area contributed by atoms with Gasteiger partial charge in [0.1, 0.15) is 16.6 Å². The van der Waals surface area contributed by atoms with Crippen molar-refractivity contribution in [2.45, 2.75) is 13.3 Å². The summed E-state index contributed by atoms with van der Waals surface area (Å²) in [5.41, 5.74) is 4.67. The molecule has 0 saturated heterocycles. The summed E-state index contributed by atoms with van der Waals surface area (Å²) in [5.74, 6) is 0. The summed E-state index contributed by atoms with van der Waals surface area (Å²) in [7, 11) is 0. The molecule has 0 aliphatic heterocycles. The maximum Gasteiger partial charge on any atom is 0.136 e. The molecule has 3 rings (SSSR count). The van der Waals surface area contributed by atoms with Gasteiger partial charge in [-0.3, -0.25) is 0 Å². The number of rotatable bonds is 5. The number of hydrogen-bond donors (Lipinski definition) is 1. The first kappa shape index (κ1) is 17.4. The molecular formula is C20H16BrN3S. The predicted octanol–water partition coefficient (Wildman–Crippen LogP) is 6.11. The minimum absolute atomic E-state index is 0.527. The lowest BCUT2D eigenvalue weighted by Crippen LogP contribution is -1.95. The highest BCUT2D eigenvalue weighted by atomic mass is 79.9. The van der Waals surface area contributed by atoms with E-state index in [1.807, 2.05) is 47.8 Å². The first-order valence-corrected chi connectivity index (χ1v) is 9.55. The Labute approximate surface area is 159 Å². The summed E-state index contributed by atoms with van der Waals surface area (Å²) in [6.45, 7) is 2.11. The average Bonchev–Trinajstić information content (AvgIpc) is 3.13. The van der Waals surface area contributed by atoms with Crippen LogP contribution < -0.4 is 5.32 Å². The lowest BCUT2D eigenvalue weighted by Gasteiger charge is -2.07. The second-order valence-corrected chi connectivity index (χ2v) is 7.14. The highest BCUT2D eigenvalue weighted by Crippen LogP contribution is 2.27. The monoisotopic (exact) mass is 409 g/mol. The molecule has 0 radical (unpaired) electrons. The molecule has 0 bridgehead atoms. The number of aryl methyl sites for hydroxylation is 1. The molecule has 0 amide bonds. The molecule has 124 valence electrons. The molecule has 0 aliphatic rings. The molecule has 1 N–H and O–H groups in total. The lowest BCUT2D eigenvalue weighted by atomic mass is 10.1. The Balaban J connectivity index is 1.84. The van der Waals surface area contributed by atoms with E-state index in [0.29, 0.717) is 10.6 Å². The van der Waals surface area contributed by atoms with Crippen LogP contribution in [0.3, 0.4) is 0 Å². The Morgan fingerprint density at radius 1 is 1.24 bits per heavy atom. The van der Waals surface area contributed by atoms with Gasteiger partial charge in [0.25, 0.3) is 0 Å². The van der Waals surface area contributed by atoms with Crippen LogP contribution >= 0.6 is 27.3 Å². The van der Waals surface area contributed by atoms with Crippen molar-refractivity contribution in [1.82, 2.24) is 4.98 Å². The molecule has 1 aromatic heterocycles. The number of nitriles is 1. The zero-order valence-corrected chi connectivity index (χ0v) is 16.1. The highest BCUT2D eigenvalue weighted by molar-refractivity contribution is 9.10. The van der Waals surface area contributed by atoms with Crippen LogP contribution in [0.25, 0.3) is 16.8 Å². The smallest absolute Gasteiger partial charge is 0.136 e. The second kappa shape index (κ2) is 8.11. The Morgan fingerprint density at radius 2 is 2.00 bits per heavy atom. The summed E-state index contributed by atoms with van der Waals surface area (Å²) in [5, 5.41) is 15.4. The van der Waals surface area contributed by atoms with Crippen LogP contribution in [-0.2, 0) is 6.42 Å². The van der Waals surface area contributed by atoms with Crippen molar-refractivity contribution in [2.75, 3.05) is 5.32 Å². The highest BCUT2D eigenvalue weighted by Gasteiger charge is 2.09. The Morgan fingerprint density at radius 3 is 2.72 bits per heavy atom. The summed E-state index contributed by atoms with van der Waals surface area (Å²) < 4.78 is 1.03. The Kier molecular flexibility index (Phi) is 5.64. The number of thiazole rings is 1. The topological polar surface area (TPSA) is 48.7 Å². The normalized spacial score (nSPS) is 11.2. The zero-order valence-electron chi connectivity index (χ0n) is 13.7. The van der Waals surface area contributed by atoms with Gasteiger partial charge in [0, 0.05) is 27.3 Å². The van der Waals surface area contributed by atoms with Crippen molar-refractivity contribution in [1.29, 1.82) is 5.26 Å². The van der Waals surface area contributed by atoms with Gasteiger partial charge >= 0.3 is 0 Å². The molecule has 3 nitrogen and oxygen atoms in total. The predicted molar refractivity (Wildman–Crippen MR) is 108 cm³/mol. The summed E-state index contributed by atoms with van der Waals surface area (Å²) in [6.07, 6.45) is 2.67. The van der Waals surface area contributed by atoms with Crippen LogP contribution in [-0.4, -0.2) is 4.98 Å². The van der Waals surface area contributed by atoms with Crippen molar-refractivity contribution in [2.24, 2.45) is 0 Å². The molecule has 1 heterocycles. The minimum Gasteiger partial charge on any atom is -0.360 e. The van der Waals surface area contributed by atoms with Crippen molar-refractivity contribution >= 4 is 38.5 Å². The number of nitrogens with one attached hydrogen (secondary N) is 1. The van der Waals surface area contributed by atoms with Crippen molar-refractivity contribution in [3.8, 4) is 17.3 Å². The van der Waals surface area contributed by atoms with Gasteiger partial charge in [0.05, 0.1) is 5.69 Å². The number of halogens is 1. The van der Waals surface area contributed by atoms with Crippen LogP contribution in [0.15, 0.2) is 64.6 Å². The maximum absolute atomic E-state index is 9.50. The number of allylic oxidation sites excluding steroid dienone is 1. The van der Waals surface area contributed by atoms with Crippen LogP contribution in [0.2, 0.25) is 0 Å². The number of hydrogen-bond acceptors (Lipinski definition) is 4. The molecule has 3 aromatic rings. The molecule has 0 spiro atoms. The van der Waals surface area contributed by atoms with Gasteiger partial charge < -0.3 is 5.32 Å². The SMILES string of the molecule is CCc1ccccc1NC=C(C#N)c1nc(-c2ccc(Br)cc2)cs1. The molecule has 0 aliphatic carbocycles. The van der Waals surface area contributed by atoms with Crippen LogP contribution in [0.1, 0.15) is 17.5 Å². The molecular weight excluding hydrogens is 394 g/mol. The fourth-order valence-electron chi connectivity index (χ4n) is 2.41. The van der Waals surface area contributed by atoms with E-state index in [2.05, 4.69) is 45.3 Å². The number of anilines is 1. The van der Waals surface area contributed by atoms with Gasteiger partial charge in [-0.1, -0.05) is 53.2 Å². The van der Waals surface area contributed by atoms with Crippen LogP contribution in [0.5, 0.6) is 0 Å². The van der Waals surface area contributed by atoms with Crippen molar-refractivity contribution < 1.29 is 0 Å². The molecule has 0 unspecified atom stereocenters. The molecule has 2 aromatic carbocycles. The second-order valence-electron chi connectivity index (χ2n) is 5.37. The van der Waals surface area contributed by atoms with E-state index in [1.165, 1.54) is 16.9 Å².